The smallest absolute Gasteiger partial charge is 0.193 e. The molecule has 5 heteroatoms. The third kappa shape index (κ3) is 6.43. The summed E-state index contributed by atoms with van der Waals surface area (Å²) in [6.07, 6.45) is 4.79. The number of nitrogens with one attached hydrogen (secondary N) is 1. The van der Waals surface area contributed by atoms with E-state index in [0.29, 0.717) is 22.4 Å². The van der Waals surface area contributed by atoms with Crippen LogP contribution < -0.4 is 4.90 Å². The molecule has 2 heterocycles. The van der Waals surface area contributed by atoms with Crippen LogP contribution in [0.15, 0.2) is 85.1 Å². The Labute approximate surface area is 229 Å². The third-order valence-corrected chi connectivity index (χ3v) is 7.63. The molecule has 5 nitrogen and oxygen atoms in total. The van der Waals surface area contributed by atoms with Gasteiger partial charge in [-0.1, -0.05) is 55.5 Å². The number of aryl methyl sites for hydroxylation is 1. The first kappa shape index (κ1) is 26.4. The van der Waals surface area contributed by atoms with Gasteiger partial charge in [0.1, 0.15) is 0 Å². The fourth-order valence-corrected chi connectivity index (χ4v) is 5.07. The highest BCUT2D eigenvalue weighted by molar-refractivity contribution is 6.09. The molecule has 39 heavy (non-hydrogen) atoms. The summed E-state index contributed by atoms with van der Waals surface area (Å²) < 4.78 is 0. The Morgan fingerprint density at radius 2 is 1.26 bits per heavy atom. The Bertz CT molecular complexity index is 1460. The molecule has 1 N–H and O–H groups in total. The Kier molecular flexibility index (Phi) is 7.87. The second-order valence-corrected chi connectivity index (χ2v) is 10.7. The van der Waals surface area contributed by atoms with E-state index in [4.69, 9.17) is 0 Å². The summed E-state index contributed by atoms with van der Waals surface area (Å²) in [6, 6.07) is 24.2. The van der Waals surface area contributed by atoms with Gasteiger partial charge in [-0.05, 0) is 72.7 Å². The summed E-state index contributed by atoms with van der Waals surface area (Å²) in [5.41, 5.74) is 6.36. The second-order valence-electron chi connectivity index (χ2n) is 10.7. The molecule has 1 aliphatic rings. The van der Waals surface area contributed by atoms with E-state index < -0.39 is 0 Å². The van der Waals surface area contributed by atoms with Crippen LogP contribution in [-0.4, -0.2) is 35.4 Å². The molecule has 0 bridgehead atoms. The molecule has 0 saturated carbocycles. The fourth-order valence-electron chi connectivity index (χ4n) is 5.07. The quantitative estimate of drug-likeness (QED) is 0.252. The van der Waals surface area contributed by atoms with Crippen LogP contribution in [-0.2, 0) is 12.8 Å². The second kappa shape index (κ2) is 11.6. The maximum Gasteiger partial charge on any atom is 0.193 e. The standard InChI is InChI=1S/C34H34N2O3/c1-23-15-17-36(18-16-23)30-13-11-27(12-14-30)32(37)20-25-3-7-28(8-4-25)34(39)29-9-5-26(6-10-29)21-33(38)31-19-24(2)22-35-31/h3-14,19,22-23,35H,15-18,20-21H2,1-2H3. The molecule has 1 aliphatic heterocycles. The highest BCUT2D eigenvalue weighted by atomic mass is 16.1. The minimum atomic E-state index is -0.0894. The third-order valence-electron chi connectivity index (χ3n) is 7.63. The van der Waals surface area contributed by atoms with Gasteiger partial charge in [-0.15, -0.1) is 0 Å². The van der Waals surface area contributed by atoms with Crippen LogP contribution in [0.3, 0.4) is 0 Å². The van der Waals surface area contributed by atoms with Crippen molar-refractivity contribution in [2.45, 2.75) is 39.5 Å². The van der Waals surface area contributed by atoms with Crippen LogP contribution in [0.5, 0.6) is 0 Å². The number of H-pyrrole nitrogens is 1. The summed E-state index contributed by atoms with van der Waals surface area (Å²) in [7, 11) is 0. The Morgan fingerprint density at radius 1 is 0.744 bits per heavy atom. The van der Waals surface area contributed by atoms with Crippen LogP contribution in [0.1, 0.15) is 73.2 Å². The van der Waals surface area contributed by atoms with Gasteiger partial charge in [0.15, 0.2) is 17.3 Å². The molecule has 0 unspecified atom stereocenters. The highest BCUT2D eigenvalue weighted by Crippen LogP contribution is 2.24. The van der Waals surface area contributed by atoms with Gasteiger partial charge in [0.25, 0.3) is 0 Å². The molecular formula is C34H34N2O3. The predicted octanol–water partition coefficient (Wildman–Crippen LogP) is 6.64. The average molecular weight is 519 g/mol. The number of ketones is 3. The number of aromatic nitrogens is 1. The number of benzene rings is 3. The minimum Gasteiger partial charge on any atom is -0.372 e. The molecule has 1 saturated heterocycles. The number of aromatic amines is 1. The molecule has 1 fully saturated rings. The van der Waals surface area contributed by atoms with Gasteiger partial charge in [0.05, 0.1) is 5.69 Å². The van der Waals surface area contributed by atoms with Gasteiger partial charge < -0.3 is 9.88 Å². The Hall–Kier alpha value is -4.25. The van der Waals surface area contributed by atoms with Gasteiger partial charge in [-0.2, -0.15) is 0 Å². The van der Waals surface area contributed by atoms with Crippen molar-refractivity contribution >= 4 is 23.0 Å². The molecule has 0 spiro atoms. The van der Waals surface area contributed by atoms with E-state index in [0.717, 1.165) is 35.7 Å². The van der Waals surface area contributed by atoms with Crippen molar-refractivity contribution < 1.29 is 14.4 Å². The summed E-state index contributed by atoms with van der Waals surface area (Å²) >= 11 is 0. The molecule has 0 amide bonds. The lowest BCUT2D eigenvalue weighted by Crippen LogP contribution is -2.32. The first-order valence-electron chi connectivity index (χ1n) is 13.6. The maximum atomic E-state index is 13.0. The number of Topliss-reactive ketones (excluding diaryl/α,β-unsaturated/α-hetero) is 2. The number of rotatable bonds is 9. The van der Waals surface area contributed by atoms with Gasteiger partial charge in [0.2, 0.25) is 0 Å². The number of hydrogen-bond donors (Lipinski definition) is 1. The summed E-state index contributed by atoms with van der Waals surface area (Å²) in [5.74, 6) is 0.770. The largest absolute Gasteiger partial charge is 0.372 e. The van der Waals surface area contributed by atoms with Gasteiger partial charge in [-0.25, -0.2) is 0 Å². The van der Waals surface area contributed by atoms with E-state index in [2.05, 4.69) is 16.8 Å². The lowest BCUT2D eigenvalue weighted by atomic mass is 9.97. The van der Waals surface area contributed by atoms with E-state index in [1.807, 2.05) is 67.7 Å². The highest BCUT2D eigenvalue weighted by Gasteiger charge is 2.17. The van der Waals surface area contributed by atoms with Crippen molar-refractivity contribution in [1.29, 1.82) is 0 Å². The normalized spacial score (nSPS) is 13.8. The number of hydrogen-bond acceptors (Lipinski definition) is 4. The molecule has 0 atom stereocenters. The van der Waals surface area contributed by atoms with E-state index in [1.54, 1.807) is 24.3 Å². The maximum absolute atomic E-state index is 13.0. The molecule has 0 radical (unpaired) electrons. The van der Waals surface area contributed by atoms with Gasteiger partial charge in [-0.3, -0.25) is 14.4 Å². The molecule has 5 rings (SSSR count). The number of nitrogens with zero attached hydrogens (tertiary/aromatic N) is 1. The van der Waals surface area contributed by atoms with Crippen molar-refractivity contribution in [2.75, 3.05) is 18.0 Å². The van der Waals surface area contributed by atoms with E-state index in [1.165, 1.54) is 18.5 Å². The van der Waals surface area contributed by atoms with Crippen molar-refractivity contribution in [3.8, 4) is 0 Å². The Balaban J connectivity index is 1.16. The Morgan fingerprint density at radius 3 is 1.77 bits per heavy atom. The van der Waals surface area contributed by atoms with E-state index >= 15 is 0 Å². The van der Waals surface area contributed by atoms with Crippen molar-refractivity contribution in [3.63, 3.8) is 0 Å². The molecule has 3 aromatic carbocycles. The first-order valence-corrected chi connectivity index (χ1v) is 13.6. The van der Waals surface area contributed by atoms with Crippen molar-refractivity contribution in [2.24, 2.45) is 5.92 Å². The number of piperidine rings is 1. The number of carbonyl (C=O) groups is 3. The zero-order valence-electron chi connectivity index (χ0n) is 22.6. The zero-order chi connectivity index (χ0) is 27.4. The van der Waals surface area contributed by atoms with Gasteiger partial charge >= 0.3 is 0 Å². The van der Waals surface area contributed by atoms with Crippen LogP contribution >= 0.6 is 0 Å². The first-order chi connectivity index (χ1) is 18.9. The van der Waals surface area contributed by atoms with E-state index in [9.17, 15) is 14.4 Å². The molecular weight excluding hydrogens is 484 g/mol. The lowest BCUT2D eigenvalue weighted by Gasteiger charge is -2.32. The van der Waals surface area contributed by atoms with Gasteiger partial charge in [0, 0.05) is 54.5 Å². The molecule has 0 aliphatic carbocycles. The van der Waals surface area contributed by atoms with Crippen molar-refractivity contribution in [3.05, 3.63) is 124 Å². The van der Waals surface area contributed by atoms with Crippen LogP contribution in [0.4, 0.5) is 5.69 Å². The summed E-state index contributed by atoms with van der Waals surface area (Å²) in [5, 5.41) is 0. The summed E-state index contributed by atoms with van der Waals surface area (Å²) in [6.45, 7) is 6.37. The summed E-state index contributed by atoms with van der Waals surface area (Å²) in [4.78, 5) is 43.7. The average Bonchev–Trinajstić information content (AvgIpc) is 3.40. The van der Waals surface area contributed by atoms with Crippen molar-refractivity contribution in [1.82, 2.24) is 4.98 Å². The van der Waals surface area contributed by atoms with Crippen LogP contribution in [0.2, 0.25) is 0 Å². The topological polar surface area (TPSA) is 70.2 Å². The number of carbonyl (C=O) groups excluding carboxylic acids is 3. The molecule has 198 valence electrons. The van der Waals surface area contributed by atoms with Crippen LogP contribution in [0.25, 0.3) is 0 Å². The lowest BCUT2D eigenvalue weighted by molar-refractivity contribution is 0.0982. The monoisotopic (exact) mass is 518 g/mol. The van der Waals surface area contributed by atoms with E-state index in [-0.39, 0.29) is 30.2 Å². The zero-order valence-corrected chi connectivity index (χ0v) is 22.6. The minimum absolute atomic E-state index is 0.0138. The fraction of sp³-hybridized carbons (Fsp3) is 0.265. The molecule has 4 aromatic rings. The van der Waals surface area contributed by atoms with Crippen LogP contribution in [0, 0.1) is 12.8 Å². The SMILES string of the molecule is Cc1c[nH]c(C(=O)Cc2ccc(C(=O)c3ccc(CC(=O)c4ccc(N5CCC(C)CC5)cc4)cc3)cc2)c1. The molecule has 1 aromatic heterocycles. The number of anilines is 1. The predicted molar refractivity (Wildman–Crippen MR) is 155 cm³/mol.